The van der Waals surface area contributed by atoms with Crippen molar-refractivity contribution in [2.45, 2.75) is 13.3 Å². The van der Waals surface area contributed by atoms with Gasteiger partial charge in [0.05, 0.1) is 36.9 Å². The van der Waals surface area contributed by atoms with E-state index in [1.54, 1.807) is 18.2 Å². The highest BCUT2D eigenvalue weighted by molar-refractivity contribution is 6.10. The first kappa shape index (κ1) is 26.2. The van der Waals surface area contributed by atoms with Crippen LogP contribution in [0.15, 0.2) is 60.7 Å². The fraction of sp³-hybridized carbons (Fsp3) is 0.231. The number of benzene rings is 3. The quantitative estimate of drug-likeness (QED) is 0.210. The zero-order chi connectivity index (χ0) is 26.1. The maximum atomic E-state index is 13.0. The molecule has 3 aromatic rings. The van der Waals surface area contributed by atoms with Crippen LogP contribution in [0.25, 0.3) is 0 Å². The lowest BCUT2D eigenvalue weighted by atomic mass is 10.1. The van der Waals surface area contributed by atoms with Gasteiger partial charge in [-0.25, -0.2) is 0 Å². The normalized spacial score (nSPS) is 10.4. The molecule has 0 fully saturated rings. The van der Waals surface area contributed by atoms with Gasteiger partial charge in [-0.2, -0.15) is 0 Å². The number of carbonyl (C=O) groups excluding carboxylic acids is 2. The molecule has 0 saturated carbocycles. The van der Waals surface area contributed by atoms with E-state index in [2.05, 4.69) is 16.0 Å². The minimum Gasteiger partial charge on any atom is -0.497 e. The summed E-state index contributed by atoms with van der Waals surface area (Å²) in [5, 5.41) is 19.7. The molecule has 10 heteroatoms. The third-order valence-corrected chi connectivity index (χ3v) is 5.34. The van der Waals surface area contributed by atoms with Crippen LogP contribution < -0.4 is 25.4 Å². The molecule has 0 unspecified atom stereocenters. The second kappa shape index (κ2) is 12.3. The predicted molar refractivity (Wildman–Crippen MR) is 137 cm³/mol. The SMILES string of the molecule is COc1cc(NC(=O)c2cc([N+](=O)[O-])ccc2NC(=O)CNCCc2ccc(C)cc2)cc(OC)c1. The van der Waals surface area contributed by atoms with E-state index in [4.69, 9.17) is 9.47 Å². The molecule has 188 valence electrons. The van der Waals surface area contributed by atoms with Crippen molar-refractivity contribution in [3.05, 3.63) is 87.5 Å². The molecule has 0 radical (unpaired) electrons. The van der Waals surface area contributed by atoms with Crippen LogP contribution in [0.4, 0.5) is 17.1 Å². The summed E-state index contributed by atoms with van der Waals surface area (Å²) >= 11 is 0. The fourth-order valence-electron chi connectivity index (χ4n) is 3.40. The van der Waals surface area contributed by atoms with E-state index in [-0.39, 0.29) is 29.4 Å². The molecule has 0 aliphatic carbocycles. The van der Waals surface area contributed by atoms with Gasteiger partial charge < -0.3 is 25.4 Å². The van der Waals surface area contributed by atoms with Gasteiger partial charge in [-0.1, -0.05) is 29.8 Å². The number of nitro groups is 1. The van der Waals surface area contributed by atoms with Crippen LogP contribution in [-0.2, 0) is 11.2 Å². The Kier molecular flexibility index (Phi) is 8.95. The van der Waals surface area contributed by atoms with Crippen LogP contribution in [0.1, 0.15) is 21.5 Å². The van der Waals surface area contributed by atoms with E-state index < -0.39 is 10.8 Å². The third-order valence-electron chi connectivity index (χ3n) is 5.34. The van der Waals surface area contributed by atoms with Crippen LogP contribution in [0.5, 0.6) is 11.5 Å². The third kappa shape index (κ3) is 7.28. The number of hydrogen-bond acceptors (Lipinski definition) is 7. The molecule has 0 spiro atoms. The number of nitrogens with one attached hydrogen (secondary N) is 3. The maximum Gasteiger partial charge on any atom is 0.270 e. The van der Waals surface area contributed by atoms with Gasteiger partial charge in [0, 0.05) is 36.0 Å². The van der Waals surface area contributed by atoms with E-state index in [1.807, 2.05) is 31.2 Å². The summed E-state index contributed by atoms with van der Waals surface area (Å²) in [6, 6.07) is 16.6. The van der Waals surface area contributed by atoms with Crippen molar-refractivity contribution in [3.8, 4) is 11.5 Å². The molecule has 36 heavy (non-hydrogen) atoms. The van der Waals surface area contributed by atoms with E-state index in [1.165, 1.54) is 31.9 Å². The second-order valence-electron chi connectivity index (χ2n) is 8.00. The standard InChI is InChI=1S/C26H28N4O6/c1-17-4-6-18(7-5-17)10-11-27-16-25(31)29-24-9-8-20(30(33)34)14-23(24)26(32)28-19-12-21(35-2)15-22(13-19)36-3/h4-9,12-15,27H,10-11,16H2,1-3H3,(H,28,32)(H,29,31). The molecule has 0 aromatic heterocycles. The molecular formula is C26H28N4O6. The molecule has 3 aromatic carbocycles. The van der Waals surface area contributed by atoms with Gasteiger partial charge >= 0.3 is 0 Å². The van der Waals surface area contributed by atoms with Crippen molar-refractivity contribution < 1.29 is 24.0 Å². The van der Waals surface area contributed by atoms with Crippen molar-refractivity contribution in [3.63, 3.8) is 0 Å². The first-order valence-electron chi connectivity index (χ1n) is 11.2. The van der Waals surface area contributed by atoms with E-state index in [0.29, 0.717) is 23.7 Å². The Morgan fingerprint density at radius 2 is 1.58 bits per heavy atom. The average Bonchev–Trinajstić information content (AvgIpc) is 2.87. The summed E-state index contributed by atoms with van der Waals surface area (Å²) in [5.41, 5.74) is 2.50. The van der Waals surface area contributed by atoms with E-state index in [0.717, 1.165) is 18.1 Å². The topological polar surface area (TPSA) is 132 Å². The molecule has 10 nitrogen and oxygen atoms in total. The molecule has 0 aliphatic rings. The molecule has 0 aliphatic heterocycles. The Bertz CT molecular complexity index is 1220. The number of nitro benzene ring substituents is 1. The first-order chi connectivity index (χ1) is 17.3. The van der Waals surface area contributed by atoms with Crippen molar-refractivity contribution >= 4 is 28.9 Å². The van der Waals surface area contributed by atoms with Gasteiger partial charge in [-0.15, -0.1) is 0 Å². The van der Waals surface area contributed by atoms with Crippen LogP contribution >= 0.6 is 0 Å². The average molecular weight is 493 g/mol. The molecule has 2 amide bonds. The Balaban J connectivity index is 1.69. The molecule has 0 atom stereocenters. The minimum atomic E-state index is -0.642. The summed E-state index contributed by atoms with van der Waals surface area (Å²) in [6.07, 6.45) is 0.753. The van der Waals surface area contributed by atoms with Gasteiger partial charge in [0.25, 0.3) is 11.6 Å². The summed E-state index contributed by atoms with van der Waals surface area (Å²) in [4.78, 5) is 36.2. The highest BCUT2D eigenvalue weighted by Crippen LogP contribution is 2.28. The molecule has 0 heterocycles. The van der Waals surface area contributed by atoms with Crippen LogP contribution in [0, 0.1) is 17.0 Å². The Labute approximate surface area is 208 Å². The fourth-order valence-corrected chi connectivity index (χ4v) is 3.40. The zero-order valence-corrected chi connectivity index (χ0v) is 20.3. The number of anilines is 2. The summed E-state index contributed by atoms with van der Waals surface area (Å²) in [5.74, 6) is -0.121. The van der Waals surface area contributed by atoms with E-state index in [9.17, 15) is 19.7 Å². The number of ether oxygens (including phenoxy) is 2. The lowest BCUT2D eigenvalue weighted by molar-refractivity contribution is -0.384. The maximum absolute atomic E-state index is 13.0. The number of carbonyl (C=O) groups is 2. The molecular weight excluding hydrogens is 464 g/mol. The summed E-state index contributed by atoms with van der Waals surface area (Å²) < 4.78 is 10.4. The molecule has 0 bridgehead atoms. The number of rotatable bonds is 11. The predicted octanol–water partition coefficient (Wildman–Crippen LogP) is 3.94. The number of amides is 2. The molecule has 3 rings (SSSR count). The van der Waals surface area contributed by atoms with Gasteiger partial charge in [-0.05, 0) is 31.5 Å². The van der Waals surface area contributed by atoms with Crippen LogP contribution in [-0.4, -0.2) is 44.0 Å². The zero-order valence-electron chi connectivity index (χ0n) is 20.3. The lowest BCUT2D eigenvalue weighted by Crippen LogP contribution is -2.30. The highest BCUT2D eigenvalue weighted by Gasteiger charge is 2.19. The van der Waals surface area contributed by atoms with Crippen molar-refractivity contribution in [1.29, 1.82) is 0 Å². The Morgan fingerprint density at radius 1 is 0.917 bits per heavy atom. The molecule has 3 N–H and O–H groups in total. The number of nitrogens with zero attached hydrogens (tertiary/aromatic N) is 1. The monoisotopic (exact) mass is 492 g/mol. The smallest absolute Gasteiger partial charge is 0.270 e. The number of aryl methyl sites for hydroxylation is 1. The first-order valence-corrected chi connectivity index (χ1v) is 11.2. The summed E-state index contributed by atoms with van der Waals surface area (Å²) in [7, 11) is 2.95. The second-order valence-corrected chi connectivity index (χ2v) is 8.00. The van der Waals surface area contributed by atoms with Gasteiger partial charge in [-0.3, -0.25) is 19.7 Å². The Morgan fingerprint density at radius 3 is 2.19 bits per heavy atom. The lowest BCUT2D eigenvalue weighted by Gasteiger charge is -2.13. The van der Waals surface area contributed by atoms with Crippen molar-refractivity contribution in [1.82, 2.24) is 5.32 Å². The Hall–Kier alpha value is -4.44. The number of hydrogen-bond donors (Lipinski definition) is 3. The molecule has 0 saturated heterocycles. The van der Waals surface area contributed by atoms with Crippen molar-refractivity contribution in [2.24, 2.45) is 0 Å². The van der Waals surface area contributed by atoms with Crippen LogP contribution in [0.3, 0.4) is 0 Å². The van der Waals surface area contributed by atoms with Crippen LogP contribution in [0.2, 0.25) is 0 Å². The van der Waals surface area contributed by atoms with Gasteiger partial charge in [0.2, 0.25) is 5.91 Å². The number of non-ortho nitro benzene ring substituents is 1. The van der Waals surface area contributed by atoms with E-state index >= 15 is 0 Å². The highest BCUT2D eigenvalue weighted by atomic mass is 16.6. The largest absolute Gasteiger partial charge is 0.497 e. The van der Waals surface area contributed by atoms with Gasteiger partial charge in [0.15, 0.2) is 0 Å². The number of methoxy groups -OCH3 is 2. The van der Waals surface area contributed by atoms with Gasteiger partial charge in [0.1, 0.15) is 11.5 Å². The van der Waals surface area contributed by atoms with Crippen molar-refractivity contribution in [2.75, 3.05) is 37.9 Å². The summed E-state index contributed by atoms with van der Waals surface area (Å²) in [6.45, 7) is 2.62. The minimum absolute atomic E-state index is 0.0109.